The highest BCUT2D eigenvalue weighted by Crippen LogP contribution is 2.22. The number of para-hydroxylation sites is 2. The molecule has 2 aromatic rings. The minimum Gasteiger partial charge on any atom is -0.480 e. The highest BCUT2D eigenvalue weighted by atomic mass is 16.5. The van der Waals surface area contributed by atoms with Gasteiger partial charge in [0, 0.05) is 12.2 Å². The number of amides is 2. The summed E-state index contributed by atoms with van der Waals surface area (Å²) in [5.74, 6) is -0.0677. The van der Waals surface area contributed by atoms with Crippen LogP contribution in [-0.4, -0.2) is 24.5 Å². The smallest absolute Gasteiger partial charge is 0.260 e. The largest absolute Gasteiger partial charge is 0.480 e. The van der Waals surface area contributed by atoms with Gasteiger partial charge < -0.3 is 15.4 Å². The molecule has 5 heteroatoms. The fourth-order valence-corrected chi connectivity index (χ4v) is 3.34. The molecule has 1 aliphatic carbocycles. The standard InChI is InChI=1S/C24H28N2O3/c1-18(23(27)25-17-16-19-10-4-2-5-11-19)29-22-15-9-8-14-21(22)24(28)26-20-12-6-3-7-13-20/h3,6-10,12-15,18H,2,4-5,11,16-17H2,1H3,(H,25,27)(H,26,28)/t18-/m1/s1. The van der Waals surface area contributed by atoms with E-state index in [0.29, 0.717) is 23.5 Å². The van der Waals surface area contributed by atoms with Crippen LogP contribution in [-0.2, 0) is 4.79 Å². The van der Waals surface area contributed by atoms with Crippen LogP contribution in [0, 0.1) is 0 Å². The van der Waals surface area contributed by atoms with Crippen molar-refractivity contribution in [2.24, 2.45) is 0 Å². The number of hydrogen-bond acceptors (Lipinski definition) is 3. The zero-order chi connectivity index (χ0) is 20.5. The van der Waals surface area contributed by atoms with Gasteiger partial charge in [-0.2, -0.15) is 0 Å². The fraction of sp³-hybridized carbons (Fsp3) is 0.333. The molecule has 1 aliphatic rings. The van der Waals surface area contributed by atoms with E-state index in [1.54, 1.807) is 31.2 Å². The van der Waals surface area contributed by atoms with Crippen LogP contribution in [0.2, 0.25) is 0 Å². The van der Waals surface area contributed by atoms with Crippen molar-refractivity contribution >= 4 is 17.5 Å². The monoisotopic (exact) mass is 392 g/mol. The predicted octanol–water partition coefficient (Wildman–Crippen LogP) is 4.71. The van der Waals surface area contributed by atoms with Crippen LogP contribution < -0.4 is 15.4 Å². The molecule has 0 spiro atoms. The van der Waals surface area contributed by atoms with E-state index < -0.39 is 6.10 Å². The van der Waals surface area contributed by atoms with Crippen molar-refractivity contribution in [3.05, 3.63) is 71.8 Å². The molecule has 0 saturated heterocycles. The SMILES string of the molecule is C[C@@H](Oc1ccccc1C(=O)Nc1ccccc1)C(=O)NCCC1=CCCCC1. The molecule has 2 amide bonds. The van der Waals surface area contributed by atoms with Crippen LogP contribution in [0.5, 0.6) is 5.75 Å². The van der Waals surface area contributed by atoms with E-state index in [4.69, 9.17) is 4.74 Å². The highest BCUT2D eigenvalue weighted by molar-refractivity contribution is 6.06. The first-order chi connectivity index (χ1) is 14.1. The minimum absolute atomic E-state index is 0.181. The van der Waals surface area contributed by atoms with Gasteiger partial charge in [-0.3, -0.25) is 9.59 Å². The van der Waals surface area contributed by atoms with Crippen molar-refractivity contribution in [3.8, 4) is 5.75 Å². The molecule has 152 valence electrons. The summed E-state index contributed by atoms with van der Waals surface area (Å²) in [6.07, 6.45) is 7.25. The lowest BCUT2D eigenvalue weighted by Gasteiger charge is -2.18. The fourth-order valence-electron chi connectivity index (χ4n) is 3.34. The second-order valence-corrected chi connectivity index (χ2v) is 7.23. The summed E-state index contributed by atoms with van der Waals surface area (Å²) in [5, 5.41) is 5.78. The Hall–Kier alpha value is -3.08. The normalized spacial score (nSPS) is 14.4. The molecule has 0 heterocycles. The Morgan fingerprint density at radius 1 is 1.03 bits per heavy atom. The number of allylic oxidation sites excluding steroid dienone is 1. The van der Waals surface area contributed by atoms with E-state index in [2.05, 4.69) is 16.7 Å². The maximum absolute atomic E-state index is 12.6. The topological polar surface area (TPSA) is 67.4 Å². The van der Waals surface area contributed by atoms with Crippen molar-refractivity contribution < 1.29 is 14.3 Å². The highest BCUT2D eigenvalue weighted by Gasteiger charge is 2.19. The molecule has 2 N–H and O–H groups in total. The summed E-state index contributed by atoms with van der Waals surface area (Å²) in [5.41, 5.74) is 2.52. The second-order valence-electron chi connectivity index (χ2n) is 7.23. The Bertz CT molecular complexity index is 861. The Morgan fingerprint density at radius 2 is 1.79 bits per heavy atom. The summed E-state index contributed by atoms with van der Waals surface area (Å²) in [6.45, 7) is 2.30. The molecule has 0 aromatic heterocycles. The van der Waals surface area contributed by atoms with E-state index in [-0.39, 0.29) is 11.8 Å². The summed E-state index contributed by atoms with van der Waals surface area (Å²) >= 11 is 0. The van der Waals surface area contributed by atoms with Crippen molar-refractivity contribution in [2.75, 3.05) is 11.9 Å². The molecule has 5 nitrogen and oxygen atoms in total. The number of ether oxygens (including phenoxy) is 1. The van der Waals surface area contributed by atoms with Gasteiger partial charge in [0.15, 0.2) is 6.10 Å². The number of nitrogens with one attached hydrogen (secondary N) is 2. The number of carbonyl (C=O) groups excluding carboxylic acids is 2. The molecule has 3 rings (SSSR count). The molecular weight excluding hydrogens is 364 g/mol. The Labute approximate surface area is 172 Å². The zero-order valence-corrected chi connectivity index (χ0v) is 16.8. The van der Waals surface area contributed by atoms with E-state index in [0.717, 1.165) is 19.3 Å². The van der Waals surface area contributed by atoms with Crippen LogP contribution in [0.4, 0.5) is 5.69 Å². The quantitative estimate of drug-likeness (QED) is 0.639. The summed E-state index contributed by atoms with van der Waals surface area (Å²) in [6, 6.07) is 16.2. The average Bonchev–Trinajstić information content (AvgIpc) is 2.75. The van der Waals surface area contributed by atoms with Gasteiger partial charge in [0.1, 0.15) is 5.75 Å². The van der Waals surface area contributed by atoms with E-state index in [9.17, 15) is 9.59 Å². The van der Waals surface area contributed by atoms with Gasteiger partial charge in [-0.05, 0) is 63.3 Å². The van der Waals surface area contributed by atoms with Gasteiger partial charge in [0.25, 0.3) is 11.8 Å². The van der Waals surface area contributed by atoms with Crippen molar-refractivity contribution in [1.82, 2.24) is 5.32 Å². The third-order valence-corrected chi connectivity index (χ3v) is 4.97. The van der Waals surface area contributed by atoms with Crippen LogP contribution in [0.15, 0.2) is 66.2 Å². The van der Waals surface area contributed by atoms with Gasteiger partial charge in [-0.1, -0.05) is 42.0 Å². The van der Waals surface area contributed by atoms with Crippen molar-refractivity contribution in [3.63, 3.8) is 0 Å². The maximum atomic E-state index is 12.6. The zero-order valence-electron chi connectivity index (χ0n) is 16.8. The molecule has 1 atom stereocenters. The number of anilines is 1. The lowest BCUT2D eigenvalue weighted by atomic mass is 9.97. The van der Waals surface area contributed by atoms with Gasteiger partial charge in [-0.15, -0.1) is 0 Å². The molecule has 0 saturated carbocycles. The molecule has 29 heavy (non-hydrogen) atoms. The van der Waals surface area contributed by atoms with Gasteiger partial charge in [0.2, 0.25) is 0 Å². The van der Waals surface area contributed by atoms with E-state index in [1.807, 2.05) is 30.3 Å². The summed E-state index contributed by atoms with van der Waals surface area (Å²) in [4.78, 5) is 25.0. The first-order valence-electron chi connectivity index (χ1n) is 10.2. The average molecular weight is 392 g/mol. The number of hydrogen-bond donors (Lipinski definition) is 2. The predicted molar refractivity (Wildman–Crippen MR) is 115 cm³/mol. The Morgan fingerprint density at radius 3 is 2.55 bits per heavy atom. The van der Waals surface area contributed by atoms with E-state index in [1.165, 1.54) is 18.4 Å². The molecule has 0 aliphatic heterocycles. The lowest BCUT2D eigenvalue weighted by molar-refractivity contribution is -0.127. The first-order valence-corrected chi connectivity index (χ1v) is 10.2. The first kappa shape index (κ1) is 20.6. The third kappa shape index (κ3) is 6.21. The lowest BCUT2D eigenvalue weighted by Crippen LogP contribution is -2.37. The van der Waals surface area contributed by atoms with E-state index >= 15 is 0 Å². The number of carbonyl (C=O) groups is 2. The molecule has 0 radical (unpaired) electrons. The minimum atomic E-state index is -0.694. The summed E-state index contributed by atoms with van der Waals surface area (Å²) in [7, 11) is 0. The van der Waals surface area contributed by atoms with Gasteiger partial charge in [0.05, 0.1) is 5.56 Å². The van der Waals surface area contributed by atoms with Crippen molar-refractivity contribution in [1.29, 1.82) is 0 Å². The van der Waals surface area contributed by atoms with Crippen LogP contribution >= 0.6 is 0 Å². The molecular formula is C24H28N2O3. The second kappa shape index (κ2) is 10.5. The van der Waals surface area contributed by atoms with Gasteiger partial charge >= 0.3 is 0 Å². The number of rotatable bonds is 8. The van der Waals surface area contributed by atoms with Crippen LogP contribution in [0.3, 0.4) is 0 Å². The Kier molecular flexibility index (Phi) is 7.45. The third-order valence-electron chi connectivity index (χ3n) is 4.97. The van der Waals surface area contributed by atoms with Crippen LogP contribution in [0.25, 0.3) is 0 Å². The summed E-state index contributed by atoms with van der Waals surface area (Å²) < 4.78 is 5.82. The number of benzene rings is 2. The maximum Gasteiger partial charge on any atom is 0.260 e. The van der Waals surface area contributed by atoms with Crippen LogP contribution in [0.1, 0.15) is 49.4 Å². The van der Waals surface area contributed by atoms with Crippen molar-refractivity contribution in [2.45, 2.75) is 45.1 Å². The van der Waals surface area contributed by atoms with Gasteiger partial charge in [-0.25, -0.2) is 0 Å². The molecule has 0 bridgehead atoms. The Balaban J connectivity index is 1.55. The molecule has 0 fully saturated rings. The molecule has 2 aromatic carbocycles. The molecule has 0 unspecified atom stereocenters.